The lowest BCUT2D eigenvalue weighted by molar-refractivity contribution is -0.133. The fraction of sp³-hybridized carbons (Fsp3) is 0.625. The normalized spacial score (nSPS) is 22.1. The molecule has 0 saturated carbocycles. The summed E-state index contributed by atoms with van der Waals surface area (Å²) in [6.45, 7) is 1.89. The summed E-state index contributed by atoms with van der Waals surface area (Å²) < 4.78 is 4.38. The van der Waals surface area contributed by atoms with Crippen molar-refractivity contribution in [3.8, 4) is 11.8 Å². The van der Waals surface area contributed by atoms with Crippen molar-refractivity contribution in [2.24, 2.45) is 5.92 Å². The number of carbonyl (C=O) groups excluding carboxylic acids is 1. The zero-order valence-electron chi connectivity index (χ0n) is 6.52. The standard InChI is InChI=1S/C8H11NO2/c1-11-8(10)3-2-7-4-5-9-6-7/h7,9H,4-6H2,1H3. The Bertz CT molecular complexity index is 196. The van der Waals surface area contributed by atoms with Crippen molar-refractivity contribution in [1.29, 1.82) is 0 Å². The summed E-state index contributed by atoms with van der Waals surface area (Å²) >= 11 is 0. The SMILES string of the molecule is COC(=O)C#CC1CCNC1. The van der Waals surface area contributed by atoms with E-state index in [0.717, 1.165) is 19.5 Å². The van der Waals surface area contributed by atoms with E-state index in [1.807, 2.05) is 0 Å². The van der Waals surface area contributed by atoms with Gasteiger partial charge in [0.15, 0.2) is 0 Å². The van der Waals surface area contributed by atoms with Gasteiger partial charge in [-0.3, -0.25) is 0 Å². The van der Waals surface area contributed by atoms with Crippen LogP contribution in [0.2, 0.25) is 0 Å². The van der Waals surface area contributed by atoms with Crippen LogP contribution in [-0.2, 0) is 9.53 Å². The molecule has 0 radical (unpaired) electrons. The van der Waals surface area contributed by atoms with Crippen molar-refractivity contribution in [1.82, 2.24) is 5.32 Å². The first-order valence-corrected chi connectivity index (χ1v) is 3.63. The number of methoxy groups -OCH3 is 1. The van der Waals surface area contributed by atoms with Gasteiger partial charge in [0.2, 0.25) is 0 Å². The van der Waals surface area contributed by atoms with Gasteiger partial charge in [0.05, 0.1) is 7.11 Å². The molecule has 0 aromatic carbocycles. The van der Waals surface area contributed by atoms with Crippen molar-refractivity contribution in [3.05, 3.63) is 0 Å². The van der Waals surface area contributed by atoms with E-state index in [2.05, 4.69) is 21.9 Å². The Morgan fingerprint density at radius 1 is 1.73 bits per heavy atom. The molecule has 1 unspecified atom stereocenters. The fourth-order valence-electron chi connectivity index (χ4n) is 0.990. The van der Waals surface area contributed by atoms with Gasteiger partial charge < -0.3 is 10.1 Å². The van der Waals surface area contributed by atoms with Crippen LogP contribution in [0.5, 0.6) is 0 Å². The molecule has 60 valence electrons. The smallest absolute Gasteiger partial charge is 0.384 e. The average molecular weight is 153 g/mol. The minimum Gasteiger partial charge on any atom is -0.459 e. The molecule has 0 aromatic rings. The van der Waals surface area contributed by atoms with Crippen molar-refractivity contribution in [2.75, 3.05) is 20.2 Å². The number of esters is 1. The highest BCUT2D eigenvalue weighted by atomic mass is 16.5. The zero-order valence-corrected chi connectivity index (χ0v) is 6.52. The van der Waals surface area contributed by atoms with Gasteiger partial charge in [-0.05, 0) is 13.0 Å². The predicted molar refractivity (Wildman–Crippen MR) is 40.8 cm³/mol. The van der Waals surface area contributed by atoms with Gasteiger partial charge in [-0.1, -0.05) is 5.92 Å². The zero-order chi connectivity index (χ0) is 8.10. The highest BCUT2D eigenvalue weighted by Crippen LogP contribution is 2.04. The Kier molecular flexibility index (Phi) is 2.94. The lowest BCUT2D eigenvalue weighted by Gasteiger charge is -1.93. The number of rotatable bonds is 0. The Morgan fingerprint density at radius 3 is 3.09 bits per heavy atom. The quantitative estimate of drug-likeness (QED) is 0.297. The monoisotopic (exact) mass is 153 g/mol. The molecule has 0 aromatic heterocycles. The van der Waals surface area contributed by atoms with Crippen LogP contribution >= 0.6 is 0 Å². The molecule has 1 atom stereocenters. The Labute approximate surface area is 66.1 Å². The van der Waals surface area contributed by atoms with Crippen molar-refractivity contribution < 1.29 is 9.53 Å². The van der Waals surface area contributed by atoms with E-state index in [9.17, 15) is 4.79 Å². The molecule has 3 heteroatoms. The number of hydrogen-bond donors (Lipinski definition) is 1. The third kappa shape index (κ3) is 2.60. The maximum atomic E-state index is 10.6. The molecule has 0 aliphatic carbocycles. The van der Waals surface area contributed by atoms with Crippen LogP contribution < -0.4 is 5.32 Å². The second-order valence-corrected chi connectivity index (χ2v) is 2.45. The summed E-state index contributed by atoms with van der Waals surface area (Å²) in [6, 6.07) is 0. The van der Waals surface area contributed by atoms with Gasteiger partial charge in [0, 0.05) is 18.4 Å². The predicted octanol–water partition coefficient (Wildman–Crippen LogP) is -0.228. The molecule has 1 rings (SSSR count). The third-order valence-electron chi connectivity index (χ3n) is 1.62. The van der Waals surface area contributed by atoms with Gasteiger partial charge in [0.25, 0.3) is 0 Å². The number of nitrogens with one attached hydrogen (secondary N) is 1. The van der Waals surface area contributed by atoms with Crippen molar-refractivity contribution >= 4 is 5.97 Å². The Morgan fingerprint density at radius 2 is 2.55 bits per heavy atom. The maximum absolute atomic E-state index is 10.6. The molecular formula is C8H11NO2. The highest BCUT2D eigenvalue weighted by Gasteiger charge is 2.10. The van der Waals surface area contributed by atoms with Crippen LogP contribution in [0, 0.1) is 17.8 Å². The summed E-state index contributed by atoms with van der Waals surface area (Å²) in [5.41, 5.74) is 0. The van der Waals surface area contributed by atoms with E-state index in [-0.39, 0.29) is 0 Å². The van der Waals surface area contributed by atoms with Crippen LogP contribution in [0.4, 0.5) is 0 Å². The second-order valence-electron chi connectivity index (χ2n) is 2.45. The fourth-order valence-corrected chi connectivity index (χ4v) is 0.990. The average Bonchev–Trinajstić information content (AvgIpc) is 2.52. The van der Waals surface area contributed by atoms with Crippen LogP contribution in [0.3, 0.4) is 0 Å². The van der Waals surface area contributed by atoms with E-state index in [4.69, 9.17) is 0 Å². The molecule has 1 N–H and O–H groups in total. The summed E-state index contributed by atoms with van der Waals surface area (Å²) in [4.78, 5) is 10.6. The Hall–Kier alpha value is -1.01. The summed E-state index contributed by atoms with van der Waals surface area (Å²) in [5, 5.41) is 3.16. The number of ether oxygens (including phenoxy) is 1. The van der Waals surface area contributed by atoms with E-state index >= 15 is 0 Å². The molecule has 1 heterocycles. The first-order chi connectivity index (χ1) is 5.33. The third-order valence-corrected chi connectivity index (χ3v) is 1.62. The first kappa shape index (κ1) is 8.09. The Balaban J connectivity index is 2.36. The number of carbonyl (C=O) groups is 1. The van der Waals surface area contributed by atoms with E-state index in [1.165, 1.54) is 7.11 Å². The molecule has 3 nitrogen and oxygen atoms in total. The largest absolute Gasteiger partial charge is 0.459 e. The second kappa shape index (κ2) is 3.99. The molecular weight excluding hydrogens is 142 g/mol. The maximum Gasteiger partial charge on any atom is 0.384 e. The first-order valence-electron chi connectivity index (χ1n) is 3.63. The molecule has 1 aliphatic rings. The van der Waals surface area contributed by atoms with Crippen molar-refractivity contribution in [2.45, 2.75) is 6.42 Å². The van der Waals surface area contributed by atoms with Crippen LogP contribution in [0.15, 0.2) is 0 Å². The highest BCUT2D eigenvalue weighted by molar-refractivity contribution is 5.88. The van der Waals surface area contributed by atoms with E-state index < -0.39 is 5.97 Å². The summed E-state index contributed by atoms with van der Waals surface area (Å²) in [6.07, 6.45) is 1.03. The summed E-state index contributed by atoms with van der Waals surface area (Å²) in [5.74, 6) is 5.15. The molecule has 1 fully saturated rings. The van der Waals surface area contributed by atoms with Gasteiger partial charge in [-0.15, -0.1) is 0 Å². The minimum atomic E-state index is -0.447. The molecule has 0 bridgehead atoms. The lowest BCUT2D eigenvalue weighted by atomic mass is 10.1. The summed E-state index contributed by atoms with van der Waals surface area (Å²) in [7, 11) is 1.34. The van der Waals surface area contributed by atoms with Gasteiger partial charge >= 0.3 is 5.97 Å². The van der Waals surface area contributed by atoms with Gasteiger partial charge in [-0.2, -0.15) is 0 Å². The minimum absolute atomic E-state index is 0.328. The van der Waals surface area contributed by atoms with Crippen molar-refractivity contribution in [3.63, 3.8) is 0 Å². The van der Waals surface area contributed by atoms with Gasteiger partial charge in [0.1, 0.15) is 0 Å². The van der Waals surface area contributed by atoms with E-state index in [1.54, 1.807) is 0 Å². The molecule has 11 heavy (non-hydrogen) atoms. The van der Waals surface area contributed by atoms with E-state index in [0.29, 0.717) is 5.92 Å². The lowest BCUT2D eigenvalue weighted by Crippen LogP contribution is -2.08. The molecule has 0 spiro atoms. The van der Waals surface area contributed by atoms with Gasteiger partial charge in [-0.25, -0.2) is 4.79 Å². The molecule has 1 aliphatic heterocycles. The molecule has 1 saturated heterocycles. The number of hydrogen-bond acceptors (Lipinski definition) is 3. The molecule has 0 amide bonds. The van der Waals surface area contributed by atoms with Crippen LogP contribution in [-0.4, -0.2) is 26.2 Å². The van der Waals surface area contributed by atoms with Crippen LogP contribution in [0.25, 0.3) is 0 Å². The topological polar surface area (TPSA) is 38.3 Å². The van der Waals surface area contributed by atoms with Crippen LogP contribution in [0.1, 0.15) is 6.42 Å².